The monoisotopic (exact) mass is 273 g/mol. The zero-order valence-corrected chi connectivity index (χ0v) is 11.4. The quantitative estimate of drug-likeness (QED) is 0.584. The van der Waals surface area contributed by atoms with Crippen molar-refractivity contribution in [1.29, 1.82) is 0 Å². The molecule has 3 nitrogen and oxygen atoms in total. The van der Waals surface area contributed by atoms with Crippen LogP contribution in [0, 0.1) is 0 Å². The first kappa shape index (κ1) is 16.7. The third-order valence-corrected chi connectivity index (χ3v) is 3.13. The molecule has 0 aliphatic carbocycles. The smallest absolute Gasteiger partial charge is 0.414 e. The van der Waals surface area contributed by atoms with Crippen LogP contribution >= 0.6 is 0 Å². The molecule has 7 heteroatoms. The maximum Gasteiger partial charge on any atom is 0.414 e. The summed E-state index contributed by atoms with van der Waals surface area (Å²) in [6, 6.07) is 0. The number of nitrogens with zero attached hydrogens (tertiary/aromatic N) is 1. The summed E-state index contributed by atoms with van der Waals surface area (Å²) in [5, 5.41) is 0. The second-order valence-electron chi connectivity index (χ2n) is 4.64. The minimum absolute atomic E-state index is 0.536. The largest absolute Gasteiger partial charge is 0.591 e. The van der Waals surface area contributed by atoms with Crippen LogP contribution in [0.4, 0.5) is 13.2 Å². The van der Waals surface area contributed by atoms with E-state index in [0.717, 1.165) is 13.1 Å². The summed E-state index contributed by atoms with van der Waals surface area (Å²) in [6.45, 7) is 7.52. The number of rotatable bonds is 4. The van der Waals surface area contributed by atoms with E-state index >= 15 is 0 Å². The number of halogens is 3. The van der Waals surface area contributed by atoms with Gasteiger partial charge in [0.05, 0.1) is 12.3 Å². The molecule has 0 saturated heterocycles. The van der Waals surface area contributed by atoms with Crippen LogP contribution in [0.5, 0.6) is 0 Å². The molecular formula is C10H18F3NO2S. The first-order valence-corrected chi connectivity index (χ1v) is 6.23. The first-order valence-electron chi connectivity index (χ1n) is 5.13. The van der Waals surface area contributed by atoms with Crippen LogP contribution in [0.15, 0.2) is 4.40 Å². The molecule has 17 heavy (non-hydrogen) atoms. The number of hydrogen-bond acceptors (Lipinski definition) is 3. The Morgan fingerprint density at radius 2 is 1.71 bits per heavy atom. The van der Waals surface area contributed by atoms with Gasteiger partial charge in [-0.2, -0.15) is 13.2 Å². The van der Waals surface area contributed by atoms with Gasteiger partial charge in [-0.15, -0.1) is 0 Å². The number of hydrogen-bond donors (Lipinski definition) is 0. The molecule has 0 unspecified atom stereocenters. The first-order chi connectivity index (χ1) is 7.44. The lowest BCUT2D eigenvalue weighted by Gasteiger charge is -2.20. The van der Waals surface area contributed by atoms with Gasteiger partial charge in [0, 0.05) is 0 Å². The van der Waals surface area contributed by atoms with Gasteiger partial charge < -0.3 is 9.29 Å². The molecule has 0 aromatic heterocycles. The maximum absolute atomic E-state index is 12.2. The summed E-state index contributed by atoms with van der Waals surface area (Å²) < 4.78 is 55.8. The van der Waals surface area contributed by atoms with E-state index in [0.29, 0.717) is 0 Å². The van der Waals surface area contributed by atoms with Crippen LogP contribution in [0.25, 0.3) is 0 Å². The van der Waals surface area contributed by atoms with Crippen LogP contribution < -0.4 is 0 Å². The summed E-state index contributed by atoms with van der Waals surface area (Å²) in [6.07, 6.45) is -5.96. The van der Waals surface area contributed by atoms with Crippen molar-refractivity contribution in [3.63, 3.8) is 0 Å². The predicted molar refractivity (Wildman–Crippen MR) is 62.5 cm³/mol. The van der Waals surface area contributed by atoms with Crippen LogP contribution in [0.1, 0.15) is 34.6 Å². The summed E-state index contributed by atoms with van der Waals surface area (Å²) >= 11 is -1.49. The Balaban J connectivity index is 4.28. The predicted octanol–water partition coefficient (Wildman–Crippen LogP) is 2.88. The molecule has 0 fully saturated rings. The highest BCUT2D eigenvalue weighted by molar-refractivity contribution is 7.91. The van der Waals surface area contributed by atoms with Crippen LogP contribution in [0.3, 0.4) is 0 Å². The van der Waals surface area contributed by atoms with Crippen LogP contribution in [-0.2, 0) is 16.1 Å². The molecule has 0 radical (unpaired) electrons. The highest BCUT2D eigenvalue weighted by Gasteiger charge is 2.37. The fourth-order valence-corrected chi connectivity index (χ4v) is 1.33. The fourth-order valence-electron chi connectivity index (χ4n) is 0.733. The lowest BCUT2D eigenvalue weighted by Crippen LogP contribution is -2.33. The molecular weight excluding hydrogens is 255 g/mol. The zero-order valence-electron chi connectivity index (χ0n) is 10.5. The molecule has 0 N–H and O–H groups in total. The minimum Gasteiger partial charge on any atom is -0.591 e. The Hall–Kier alpha value is -0.270. The van der Waals surface area contributed by atoms with Gasteiger partial charge in [0.15, 0.2) is 6.10 Å². The number of ether oxygens (including phenoxy) is 1. The third kappa shape index (κ3) is 6.90. The Bertz CT molecular complexity index is 263. The van der Waals surface area contributed by atoms with Gasteiger partial charge in [0.2, 0.25) is 0 Å². The van der Waals surface area contributed by atoms with Crippen molar-refractivity contribution in [1.82, 2.24) is 0 Å². The molecule has 0 aliphatic rings. The SMILES string of the molecule is C[C@H](/C=N/[S@@+]([O-])C(C)(C)C)O[C@H](C)C(F)(F)F. The Kier molecular flexibility index (Phi) is 5.96. The lowest BCUT2D eigenvalue weighted by atomic mass is 10.3. The molecule has 0 bridgehead atoms. The molecule has 0 aromatic carbocycles. The Morgan fingerprint density at radius 1 is 1.24 bits per heavy atom. The van der Waals surface area contributed by atoms with Crippen molar-refractivity contribution < 1.29 is 22.5 Å². The van der Waals surface area contributed by atoms with Crippen molar-refractivity contribution in [2.24, 2.45) is 4.40 Å². The number of alkyl halides is 3. The van der Waals surface area contributed by atoms with Gasteiger partial charge in [-0.1, -0.05) is 4.40 Å². The normalized spacial score (nSPS) is 19.4. The summed E-state index contributed by atoms with van der Waals surface area (Å²) in [5.74, 6) is 0. The van der Waals surface area contributed by atoms with E-state index in [1.807, 2.05) is 0 Å². The van der Waals surface area contributed by atoms with Gasteiger partial charge in [-0.25, -0.2) is 0 Å². The van der Waals surface area contributed by atoms with E-state index in [-0.39, 0.29) is 0 Å². The molecule has 0 rings (SSSR count). The third-order valence-electron chi connectivity index (χ3n) is 1.77. The highest BCUT2D eigenvalue weighted by atomic mass is 32.2. The summed E-state index contributed by atoms with van der Waals surface area (Å²) in [7, 11) is 0. The van der Waals surface area contributed by atoms with E-state index in [4.69, 9.17) is 0 Å². The van der Waals surface area contributed by atoms with Gasteiger partial charge in [-0.05, 0) is 34.6 Å². The highest BCUT2D eigenvalue weighted by Crippen LogP contribution is 2.23. The second kappa shape index (κ2) is 6.06. The molecule has 3 atom stereocenters. The van der Waals surface area contributed by atoms with Gasteiger partial charge in [-0.3, -0.25) is 0 Å². The van der Waals surface area contributed by atoms with Crippen LogP contribution in [0.2, 0.25) is 0 Å². The van der Waals surface area contributed by atoms with E-state index < -0.39 is 34.5 Å². The molecule has 0 aromatic rings. The van der Waals surface area contributed by atoms with Gasteiger partial charge in [0.25, 0.3) is 0 Å². The van der Waals surface area contributed by atoms with E-state index in [1.54, 1.807) is 20.8 Å². The molecule has 0 spiro atoms. The van der Waals surface area contributed by atoms with Gasteiger partial charge in [0.1, 0.15) is 16.1 Å². The fraction of sp³-hybridized carbons (Fsp3) is 0.900. The zero-order chi connectivity index (χ0) is 13.9. The van der Waals surface area contributed by atoms with E-state index in [9.17, 15) is 17.7 Å². The lowest BCUT2D eigenvalue weighted by molar-refractivity contribution is -0.218. The van der Waals surface area contributed by atoms with Crippen molar-refractivity contribution in [3.8, 4) is 0 Å². The topological polar surface area (TPSA) is 44.7 Å². The van der Waals surface area contributed by atoms with Crippen molar-refractivity contribution >= 4 is 17.6 Å². The molecule has 0 heterocycles. The standard InChI is InChI=1S/C10H18F3NO2S/c1-7(16-8(2)10(11,12)13)6-14-17(15)9(3,4)5/h6-8H,1-5H3/b14-6+/t7-,8-,17+/m1/s1. The van der Waals surface area contributed by atoms with Crippen molar-refractivity contribution in [3.05, 3.63) is 0 Å². The molecule has 102 valence electrons. The average molecular weight is 273 g/mol. The average Bonchev–Trinajstić information content (AvgIpc) is 2.10. The summed E-state index contributed by atoms with van der Waals surface area (Å²) in [5.41, 5.74) is 0. The Morgan fingerprint density at radius 3 is 2.06 bits per heavy atom. The summed E-state index contributed by atoms with van der Waals surface area (Å²) in [4.78, 5) is 0. The minimum atomic E-state index is -4.40. The van der Waals surface area contributed by atoms with Crippen molar-refractivity contribution in [2.45, 2.75) is 57.7 Å². The molecule has 0 aliphatic heterocycles. The Labute approximate surface area is 103 Å². The van der Waals surface area contributed by atoms with Crippen molar-refractivity contribution in [2.75, 3.05) is 0 Å². The molecule has 0 saturated carbocycles. The van der Waals surface area contributed by atoms with Crippen LogP contribution in [-0.4, -0.2) is 33.9 Å². The van der Waals surface area contributed by atoms with Gasteiger partial charge >= 0.3 is 6.18 Å². The second-order valence-corrected chi connectivity index (χ2v) is 6.57. The molecule has 0 amide bonds. The van der Waals surface area contributed by atoms with E-state index in [1.165, 1.54) is 6.92 Å². The van der Waals surface area contributed by atoms with E-state index in [2.05, 4.69) is 9.13 Å². The maximum atomic E-state index is 12.2.